The van der Waals surface area contributed by atoms with Crippen molar-refractivity contribution in [2.45, 2.75) is 12.8 Å². The van der Waals surface area contributed by atoms with Crippen molar-refractivity contribution in [3.8, 4) is 28.5 Å². The number of alkyl halides is 5. The fourth-order valence-electron chi connectivity index (χ4n) is 3.40. The lowest BCUT2D eigenvalue weighted by Gasteiger charge is -2.12. The van der Waals surface area contributed by atoms with E-state index in [0.717, 1.165) is 12.1 Å². The van der Waals surface area contributed by atoms with Crippen molar-refractivity contribution >= 4 is 28.8 Å². The molecule has 4 aromatic rings. The molecule has 2 aromatic carbocycles. The van der Waals surface area contributed by atoms with Gasteiger partial charge in [0.25, 0.3) is 5.91 Å². The molecule has 1 N–H and O–H groups in total. The quantitative estimate of drug-likeness (QED) is 0.291. The van der Waals surface area contributed by atoms with Gasteiger partial charge >= 0.3 is 12.8 Å². The van der Waals surface area contributed by atoms with Gasteiger partial charge < -0.3 is 19.5 Å². The van der Waals surface area contributed by atoms with Crippen molar-refractivity contribution in [2.24, 2.45) is 0 Å². The van der Waals surface area contributed by atoms with Gasteiger partial charge in [0.2, 0.25) is 0 Å². The number of nitrogens with zero attached hydrogens (tertiary/aromatic N) is 3. The fourth-order valence-corrected chi connectivity index (χ4v) is 3.64. The van der Waals surface area contributed by atoms with Crippen LogP contribution in [0.3, 0.4) is 0 Å². The van der Waals surface area contributed by atoms with Crippen molar-refractivity contribution in [1.82, 2.24) is 14.6 Å². The van der Waals surface area contributed by atoms with Crippen LogP contribution in [0, 0.1) is 0 Å². The highest BCUT2D eigenvalue weighted by atomic mass is 35.5. The average molecular weight is 543 g/mol. The first kappa shape index (κ1) is 25.9. The Balaban J connectivity index is 1.76. The molecule has 37 heavy (non-hydrogen) atoms. The van der Waals surface area contributed by atoms with Crippen LogP contribution >= 0.6 is 11.6 Å². The van der Waals surface area contributed by atoms with Gasteiger partial charge in [0.15, 0.2) is 28.5 Å². The largest absolute Gasteiger partial charge is 0.497 e. The molecule has 0 unspecified atom stereocenters. The van der Waals surface area contributed by atoms with E-state index in [4.69, 9.17) is 21.1 Å². The van der Waals surface area contributed by atoms with Crippen molar-refractivity contribution in [3.63, 3.8) is 0 Å². The molecule has 8 nitrogen and oxygen atoms in total. The van der Waals surface area contributed by atoms with E-state index in [0.29, 0.717) is 15.8 Å². The Morgan fingerprint density at radius 3 is 2.46 bits per heavy atom. The lowest BCUT2D eigenvalue weighted by atomic mass is 10.1. The van der Waals surface area contributed by atoms with Crippen molar-refractivity contribution in [3.05, 3.63) is 64.9 Å². The van der Waals surface area contributed by atoms with E-state index < -0.39 is 40.8 Å². The molecule has 2 heterocycles. The Bertz CT molecular complexity index is 1480. The Morgan fingerprint density at radius 1 is 1.05 bits per heavy atom. The number of rotatable bonds is 7. The number of nitrogens with one attached hydrogen (secondary N) is 1. The van der Waals surface area contributed by atoms with Gasteiger partial charge in [-0.2, -0.15) is 27.1 Å². The first-order valence-electron chi connectivity index (χ1n) is 10.3. The number of fused-ring (bicyclic) bond motifs is 1. The molecule has 0 saturated carbocycles. The predicted octanol–water partition coefficient (Wildman–Crippen LogP) is 5.94. The van der Waals surface area contributed by atoms with Crippen molar-refractivity contribution in [1.29, 1.82) is 0 Å². The summed E-state index contributed by atoms with van der Waals surface area (Å²) in [7, 11) is 2.60. The molecule has 0 aliphatic rings. The second-order valence-corrected chi connectivity index (χ2v) is 7.73. The molecule has 0 atom stereocenters. The van der Waals surface area contributed by atoms with E-state index in [1.807, 2.05) is 0 Å². The maximum absolute atomic E-state index is 13.9. The Labute approximate surface area is 210 Å². The third kappa shape index (κ3) is 5.35. The zero-order valence-electron chi connectivity index (χ0n) is 18.9. The number of halogens is 6. The van der Waals surface area contributed by atoms with Crippen LogP contribution in [0.1, 0.15) is 16.2 Å². The van der Waals surface area contributed by atoms with Crippen LogP contribution < -0.4 is 19.5 Å². The Hall–Kier alpha value is -4.13. The van der Waals surface area contributed by atoms with Crippen molar-refractivity contribution in [2.75, 3.05) is 19.5 Å². The molecule has 0 aliphatic heterocycles. The van der Waals surface area contributed by atoms with E-state index in [1.54, 1.807) is 12.1 Å². The summed E-state index contributed by atoms with van der Waals surface area (Å²) in [6.45, 7) is -3.11. The summed E-state index contributed by atoms with van der Waals surface area (Å²) in [5, 5.41) is 5.71. The number of carbonyl (C=O) groups excluding carboxylic acids is 1. The maximum atomic E-state index is 13.9. The molecule has 0 fully saturated rings. The summed E-state index contributed by atoms with van der Waals surface area (Å²) in [5.74, 6) is -0.988. The first-order chi connectivity index (χ1) is 17.5. The van der Waals surface area contributed by atoms with Gasteiger partial charge in [0, 0.05) is 17.3 Å². The summed E-state index contributed by atoms with van der Waals surface area (Å²) < 4.78 is 81.7. The second kappa shape index (κ2) is 10.1. The fraction of sp³-hybridized carbons (Fsp3) is 0.174. The van der Waals surface area contributed by atoms with Gasteiger partial charge in [0.1, 0.15) is 10.8 Å². The van der Waals surface area contributed by atoms with E-state index >= 15 is 0 Å². The number of anilines is 1. The second-order valence-electron chi connectivity index (χ2n) is 7.35. The summed E-state index contributed by atoms with van der Waals surface area (Å²) in [6.07, 6.45) is -4.87. The smallest absolute Gasteiger partial charge is 0.433 e. The van der Waals surface area contributed by atoms with Gasteiger partial charge in [0.05, 0.1) is 19.9 Å². The lowest BCUT2D eigenvalue weighted by molar-refractivity contribution is -0.142. The lowest BCUT2D eigenvalue weighted by Crippen LogP contribution is -2.16. The van der Waals surface area contributed by atoms with Crippen LogP contribution in [0.4, 0.5) is 27.6 Å². The zero-order valence-corrected chi connectivity index (χ0v) is 19.7. The molecule has 1 amide bonds. The highest BCUT2D eigenvalue weighted by molar-refractivity contribution is 6.37. The molecule has 0 radical (unpaired) electrons. The molecular formula is C23H16ClF5N4O4. The highest BCUT2D eigenvalue weighted by Crippen LogP contribution is 2.36. The first-order valence-corrected chi connectivity index (χ1v) is 10.6. The third-order valence-corrected chi connectivity index (χ3v) is 5.39. The number of amides is 1. The molecule has 0 aliphatic carbocycles. The number of carbonyl (C=O) groups is 1. The molecule has 0 saturated heterocycles. The van der Waals surface area contributed by atoms with Gasteiger partial charge in [-0.1, -0.05) is 23.7 Å². The molecule has 0 bridgehead atoms. The number of benzene rings is 2. The summed E-state index contributed by atoms with van der Waals surface area (Å²) in [4.78, 5) is 17.1. The number of methoxy groups -OCH3 is 2. The predicted molar refractivity (Wildman–Crippen MR) is 123 cm³/mol. The molecule has 2 aromatic heterocycles. The van der Waals surface area contributed by atoms with Crippen LogP contribution in [0.5, 0.6) is 17.2 Å². The SMILES string of the molecule is COc1cccc(-c2cc(C(F)(F)F)n3nc(C(=O)Nc4ccc(OC(F)F)c(OC)c4)c(Cl)c3n2)c1. The number of hydrogen-bond acceptors (Lipinski definition) is 6. The summed E-state index contributed by atoms with van der Waals surface area (Å²) in [6, 6.07) is 10.5. The molecule has 0 spiro atoms. The van der Waals surface area contributed by atoms with E-state index in [1.165, 1.54) is 38.5 Å². The number of aromatic nitrogens is 3. The standard InChI is InChI=1S/C23H16ClF5N4O4/c1-35-13-5-3-4-11(8-13)14-10-17(23(27,28)29)33-20(31-14)18(24)19(32-33)21(34)30-12-6-7-15(37-22(25)26)16(9-12)36-2/h3-10,22H,1-2H3,(H,30,34). The molecule has 4 rings (SSSR count). The maximum Gasteiger partial charge on any atom is 0.433 e. The minimum Gasteiger partial charge on any atom is -0.497 e. The van der Waals surface area contributed by atoms with Crippen LogP contribution in [0.15, 0.2) is 48.5 Å². The van der Waals surface area contributed by atoms with Crippen molar-refractivity contribution < 1.29 is 41.0 Å². The molecular weight excluding hydrogens is 527 g/mol. The van der Waals surface area contributed by atoms with Gasteiger partial charge in [-0.05, 0) is 30.3 Å². The Kier molecular flexibility index (Phi) is 7.07. The van der Waals surface area contributed by atoms with Crippen LogP contribution in [-0.4, -0.2) is 41.3 Å². The minimum atomic E-state index is -4.87. The van der Waals surface area contributed by atoms with Crippen LogP contribution in [0.25, 0.3) is 16.9 Å². The number of hydrogen-bond donors (Lipinski definition) is 1. The van der Waals surface area contributed by atoms with Crippen LogP contribution in [0.2, 0.25) is 5.02 Å². The van der Waals surface area contributed by atoms with E-state index in [-0.39, 0.29) is 22.9 Å². The van der Waals surface area contributed by atoms with Crippen LogP contribution in [-0.2, 0) is 6.18 Å². The number of ether oxygens (including phenoxy) is 3. The van der Waals surface area contributed by atoms with E-state index in [9.17, 15) is 26.7 Å². The monoisotopic (exact) mass is 542 g/mol. The van der Waals surface area contributed by atoms with Gasteiger partial charge in [-0.25, -0.2) is 9.50 Å². The molecule has 14 heteroatoms. The normalized spacial score (nSPS) is 11.6. The highest BCUT2D eigenvalue weighted by Gasteiger charge is 2.37. The van der Waals surface area contributed by atoms with E-state index in [2.05, 4.69) is 20.1 Å². The zero-order chi connectivity index (χ0) is 26.9. The van der Waals surface area contributed by atoms with Gasteiger partial charge in [-0.3, -0.25) is 4.79 Å². The average Bonchev–Trinajstić information content (AvgIpc) is 3.19. The summed E-state index contributed by atoms with van der Waals surface area (Å²) in [5.41, 5.74) is -1.88. The van der Waals surface area contributed by atoms with Gasteiger partial charge in [-0.15, -0.1) is 0 Å². The summed E-state index contributed by atoms with van der Waals surface area (Å²) >= 11 is 6.27. The topological polar surface area (TPSA) is 87.0 Å². The minimum absolute atomic E-state index is 0.0534. The third-order valence-electron chi connectivity index (χ3n) is 5.04. The molecule has 194 valence electrons. The Morgan fingerprint density at radius 2 is 1.81 bits per heavy atom.